The van der Waals surface area contributed by atoms with E-state index in [0.717, 1.165) is 17.1 Å². The average molecular weight is 230 g/mol. The summed E-state index contributed by atoms with van der Waals surface area (Å²) in [6, 6.07) is 1.58. The first-order valence-electron chi connectivity index (χ1n) is 4.54. The molecule has 0 spiro atoms. The molecule has 1 rings (SSSR count). The third-order valence-corrected chi connectivity index (χ3v) is 2.89. The molecule has 1 aromatic rings. The van der Waals surface area contributed by atoms with Gasteiger partial charge in [0.05, 0.1) is 6.61 Å². The van der Waals surface area contributed by atoms with Crippen molar-refractivity contribution in [3.05, 3.63) is 23.2 Å². The van der Waals surface area contributed by atoms with Gasteiger partial charge in [-0.05, 0) is 13.0 Å². The molecule has 1 heterocycles. The number of methoxy groups -OCH3 is 1. The number of hydrogen-bond acceptors (Lipinski definition) is 4. The highest BCUT2D eigenvalue weighted by atomic mass is 32.2. The molecular formula is C10H14O4S. The summed E-state index contributed by atoms with van der Waals surface area (Å²) in [4.78, 5) is 10.6. The Bertz CT molecular complexity index is 332. The zero-order chi connectivity index (χ0) is 11.3. The van der Waals surface area contributed by atoms with Crippen molar-refractivity contribution in [2.45, 2.75) is 12.7 Å². The van der Waals surface area contributed by atoms with Gasteiger partial charge in [-0.25, -0.2) is 4.79 Å². The van der Waals surface area contributed by atoms with E-state index in [-0.39, 0.29) is 5.76 Å². The highest BCUT2D eigenvalue weighted by Crippen LogP contribution is 2.20. The largest absolute Gasteiger partial charge is 0.475 e. The summed E-state index contributed by atoms with van der Waals surface area (Å²) in [7, 11) is 1.66. The Morgan fingerprint density at radius 2 is 2.40 bits per heavy atom. The summed E-state index contributed by atoms with van der Waals surface area (Å²) in [6.45, 7) is 2.48. The summed E-state index contributed by atoms with van der Waals surface area (Å²) in [5.41, 5.74) is 0.938. The molecule has 0 aliphatic rings. The quantitative estimate of drug-likeness (QED) is 0.759. The van der Waals surface area contributed by atoms with Crippen LogP contribution in [0.3, 0.4) is 0 Å². The van der Waals surface area contributed by atoms with E-state index >= 15 is 0 Å². The van der Waals surface area contributed by atoms with Crippen LogP contribution in [0.1, 0.15) is 21.9 Å². The Balaban J connectivity index is 2.50. The number of carboxylic acid groups (broad SMARTS) is 1. The molecule has 4 nitrogen and oxygen atoms in total. The van der Waals surface area contributed by atoms with Crippen LogP contribution < -0.4 is 0 Å². The molecule has 5 heteroatoms. The van der Waals surface area contributed by atoms with Crippen LogP contribution in [-0.4, -0.2) is 30.5 Å². The average Bonchev–Trinajstić information content (AvgIpc) is 2.55. The van der Waals surface area contributed by atoms with Gasteiger partial charge in [0.1, 0.15) is 5.76 Å². The van der Waals surface area contributed by atoms with Gasteiger partial charge in [0.2, 0.25) is 5.76 Å². The third kappa shape index (κ3) is 3.60. The van der Waals surface area contributed by atoms with Crippen LogP contribution in [0.5, 0.6) is 0 Å². The molecule has 0 aliphatic carbocycles. The van der Waals surface area contributed by atoms with Crippen molar-refractivity contribution in [2.75, 3.05) is 19.5 Å². The van der Waals surface area contributed by atoms with Crippen LogP contribution in [0.15, 0.2) is 10.5 Å². The van der Waals surface area contributed by atoms with Crippen LogP contribution in [0.4, 0.5) is 0 Å². The zero-order valence-corrected chi connectivity index (χ0v) is 9.60. The number of ether oxygens (including phenoxy) is 1. The van der Waals surface area contributed by atoms with Gasteiger partial charge in [-0.2, -0.15) is 11.8 Å². The standard InChI is InChI=1S/C10H14O4S/c1-7-8(6-15-4-3-13-2)5-9(14-7)10(11)12/h5H,3-4,6H2,1-2H3,(H,11,12). The number of aromatic carboxylic acids is 1. The Kier molecular flexibility index (Phi) is 4.71. The monoisotopic (exact) mass is 230 g/mol. The maximum Gasteiger partial charge on any atom is 0.371 e. The third-order valence-electron chi connectivity index (χ3n) is 1.92. The van der Waals surface area contributed by atoms with Gasteiger partial charge in [0.25, 0.3) is 0 Å². The normalized spacial score (nSPS) is 10.5. The smallest absolute Gasteiger partial charge is 0.371 e. The molecule has 1 aromatic heterocycles. The van der Waals surface area contributed by atoms with Crippen molar-refractivity contribution >= 4 is 17.7 Å². The van der Waals surface area contributed by atoms with E-state index in [1.807, 2.05) is 0 Å². The molecule has 0 saturated heterocycles. The SMILES string of the molecule is COCCSCc1cc(C(=O)O)oc1C. The van der Waals surface area contributed by atoms with Crippen LogP contribution in [0, 0.1) is 6.92 Å². The maximum absolute atomic E-state index is 10.6. The number of aryl methyl sites for hydroxylation is 1. The number of carboxylic acids is 1. The summed E-state index contributed by atoms with van der Waals surface area (Å²) in [5.74, 6) is 1.31. The van der Waals surface area contributed by atoms with Crippen molar-refractivity contribution in [2.24, 2.45) is 0 Å². The lowest BCUT2D eigenvalue weighted by atomic mass is 10.3. The summed E-state index contributed by atoms with van der Waals surface area (Å²) < 4.78 is 10.0. The predicted molar refractivity (Wildman–Crippen MR) is 58.4 cm³/mol. The minimum absolute atomic E-state index is 0.00911. The van der Waals surface area contributed by atoms with Gasteiger partial charge in [0, 0.05) is 24.2 Å². The Labute approximate surface area is 92.6 Å². The molecule has 0 atom stereocenters. The number of carbonyl (C=O) groups is 1. The highest BCUT2D eigenvalue weighted by Gasteiger charge is 2.12. The van der Waals surface area contributed by atoms with E-state index < -0.39 is 5.97 Å². The maximum atomic E-state index is 10.6. The fourth-order valence-electron chi connectivity index (χ4n) is 1.09. The second-order valence-corrected chi connectivity index (χ2v) is 4.15. The van der Waals surface area contributed by atoms with Gasteiger partial charge in [-0.3, -0.25) is 0 Å². The lowest BCUT2D eigenvalue weighted by Gasteiger charge is -1.98. The molecule has 0 unspecified atom stereocenters. The molecule has 0 fully saturated rings. The minimum atomic E-state index is -1.02. The van der Waals surface area contributed by atoms with Crippen molar-refractivity contribution < 1.29 is 19.1 Å². The lowest BCUT2D eigenvalue weighted by molar-refractivity contribution is 0.0661. The Morgan fingerprint density at radius 3 is 2.93 bits per heavy atom. The first kappa shape index (κ1) is 12.1. The van der Waals surface area contributed by atoms with Crippen LogP contribution in [0.2, 0.25) is 0 Å². The summed E-state index contributed by atoms with van der Waals surface area (Å²) in [6.07, 6.45) is 0. The molecule has 0 saturated carbocycles. The Morgan fingerprint density at radius 1 is 1.67 bits per heavy atom. The minimum Gasteiger partial charge on any atom is -0.475 e. The van der Waals surface area contributed by atoms with Gasteiger partial charge in [0.15, 0.2) is 0 Å². The van der Waals surface area contributed by atoms with Crippen LogP contribution in [-0.2, 0) is 10.5 Å². The van der Waals surface area contributed by atoms with Crippen molar-refractivity contribution in [1.29, 1.82) is 0 Å². The van der Waals surface area contributed by atoms with Crippen LogP contribution in [0.25, 0.3) is 0 Å². The first-order valence-corrected chi connectivity index (χ1v) is 5.70. The fraction of sp³-hybridized carbons (Fsp3) is 0.500. The first-order chi connectivity index (χ1) is 7.15. The lowest BCUT2D eigenvalue weighted by Crippen LogP contribution is -1.93. The molecular weight excluding hydrogens is 216 g/mol. The van der Waals surface area contributed by atoms with Crippen LogP contribution >= 0.6 is 11.8 Å². The van der Waals surface area contributed by atoms with E-state index in [9.17, 15) is 4.79 Å². The molecule has 0 radical (unpaired) electrons. The number of furan rings is 1. The van der Waals surface area contributed by atoms with Crippen molar-refractivity contribution in [3.63, 3.8) is 0 Å². The molecule has 0 bridgehead atoms. The number of rotatable bonds is 6. The zero-order valence-electron chi connectivity index (χ0n) is 8.78. The van der Waals surface area contributed by atoms with E-state index in [0.29, 0.717) is 12.4 Å². The molecule has 0 aliphatic heterocycles. The van der Waals surface area contributed by atoms with Gasteiger partial charge in [-0.1, -0.05) is 0 Å². The van der Waals surface area contributed by atoms with E-state index in [1.54, 1.807) is 31.9 Å². The van der Waals surface area contributed by atoms with Crippen molar-refractivity contribution in [1.82, 2.24) is 0 Å². The highest BCUT2D eigenvalue weighted by molar-refractivity contribution is 7.98. The van der Waals surface area contributed by atoms with E-state index in [1.165, 1.54) is 0 Å². The molecule has 84 valence electrons. The Hall–Kier alpha value is -0.940. The topological polar surface area (TPSA) is 59.7 Å². The van der Waals surface area contributed by atoms with E-state index in [2.05, 4.69) is 0 Å². The molecule has 15 heavy (non-hydrogen) atoms. The molecule has 0 aromatic carbocycles. The second kappa shape index (κ2) is 5.82. The second-order valence-electron chi connectivity index (χ2n) is 3.04. The summed E-state index contributed by atoms with van der Waals surface area (Å²) >= 11 is 1.69. The van der Waals surface area contributed by atoms with Gasteiger partial charge in [-0.15, -0.1) is 0 Å². The van der Waals surface area contributed by atoms with Crippen molar-refractivity contribution in [3.8, 4) is 0 Å². The van der Waals surface area contributed by atoms with E-state index in [4.69, 9.17) is 14.3 Å². The van der Waals surface area contributed by atoms with Gasteiger partial charge < -0.3 is 14.3 Å². The predicted octanol–water partition coefficient (Wildman–Crippen LogP) is 2.17. The summed E-state index contributed by atoms with van der Waals surface area (Å²) in [5, 5.41) is 8.71. The fourth-order valence-corrected chi connectivity index (χ4v) is 2.03. The molecule has 0 amide bonds. The number of thioether (sulfide) groups is 1. The number of hydrogen-bond donors (Lipinski definition) is 1. The van der Waals surface area contributed by atoms with Gasteiger partial charge >= 0.3 is 5.97 Å². The molecule has 1 N–H and O–H groups in total.